The number of nitrogens with zero attached hydrogens (tertiary/aromatic N) is 1. The van der Waals surface area contributed by atoms with Gasteiger partial charge in [0, 0.05) is 6.42 Å². The lowest BCUT2D eigenvalue weighted by Crippen LogP contribution is -2.30. The lowest BCUT2D eigenvalue weighted by Gasteiger charge is -2.21. The first-order chi connectivity index (χ1) is 5.83. The minimum Gasteiger partial charge on any atom is -0.443 e. The zero-order chi connectivity index (χ0) is 10.5. The summed E-state index contributed by atoms with van der Waals surface area (Å²) in [6, 6.07) is 0. The van der Waals surface area contributed by atoms with E-state index in [1.807, 2.05) is 0 Å². The van der Waals surface area contributed by atoms with Gasteiger partial charge in [-0.05, 0) is 19.9 Å². The average molecular weight is 188 g/mol. The lowest BCUT2D eigenvalue weighted by molar-refractivity contribution is -0.402. The molecule has 6 nitrogen and oxygen atoms in total. The van der Waals surface area contributed by atoms with Gasteiger partial charge in [-0.1, -0.05) is 0 Å². The van der Waals surface area contributed by atoms with Gasteiger partial charge in [-0.25, -0.2) is 4.79 Å². The fraction of sp³-hybridized carbons (Fsp3) is 0.571. The van der Waals surface area contributed by atoms with Crippen molar-refractivity contribution in [1.29, 1.82) is 0 Å². The summed E-state index contributed by atoms with van der Waals surface area (Å²) in [5.74, 6) is 0. The van der Waals surface area contributed by atoms with Crippen LogP contribution in [0, 0.1) is 10.1 Å². The molecule has 0 aromatic carbocycles. The van der Waals surface area contributed by atoms with E-state index < -0.39 is 16.6 Å². The number of ether oxygens (including phenoxy) is 1. The molecule has 0 heterocycles. The van der Waals surface area contributed by atoms with Crippen LogP contribution >= 0.6 is 0 Å². The van der Waals surface area contributed by atoms with Crippen molar-refractivity contribution in [2.24, 2.45) is 5.73 Å². The molecule has 0 rings (SSSR count). The molecule has 1 amide bonds. The number of carbonyl (C=O) groups is 1. The van der Waals surface area contributed by atoms with Crippen LogP contribution in [0.2, 0.25) is 0 Å². The van der Waals surface area contributed by atoms with E-state index in [0.29, 0.717) is 0 Å². The summed E-state index contributed by atoms with van der Waals surface area (Å²) in [4.78, 5) is 19.7. The molecule has 0 radical (unpaired) electrons. The van der Waals surface area contributed by atoms with Gasteiger partial charge < -0.3 is 10.5 Å². The maximum atomic E-state index is 10.4. The highest BCUT2D eigenvalue weighted by molar-refractivity contribution is 5.65. The van der Waals surface area contributed by atoms with Crippen LogP contribution in [0.4, 0.5) is 4.79 Å². The van der Waals surface area contributed by atoms with Gasteiger partial charge >= 0.3 is 6.09 Å². The molecule has 0 aliphatic rings. The fourth-order valence-electron chi connectivity index (χ4n) is 0.737. The van der Waals surface area contributed by atoms with E-state index >= 15 is 0 Å². The smallest absolute Gasteiger partial charge is 0.405 e. The molecule has 6 heteroatoms. The van der Waals surface area contributed by atoms with E-state index in [9.17, 15) is 14.9 Å². The molecule has 0 aromatic rings. The molecule has 0 saturated heterocycles. The van der Waals surface area contributed by atoms with E-state index in [4.69, 9.17) is 5.73 Å². The van der Waals surface area contributed by atoms with Crippen molar-refractivity contribution in [3.8, 4) is 0 Å². The monoisotopic (exact) mass is 188 g/mol. The predicted octanol–water partition coefficient (Wildman–Crippen LogP) is 1.04. The maximum Gasteiger partial charge on any atom is 0.405 e. The number of carbonyl (C=O) groups excluding carboxylic acids is 1. The van der Waals surface area contributed by atoms with Crippen LogP contribution in [0.1, 0.15) is 20.3 Å². The highest BCUT2D eigenvalue weighted by Crippen LogP contribution is 2.14. The van der Waals surface area contributed by atoms with Crippen LogP contribution in [0.15, 0.2) is 12.3 Å². The van der Waals surface area contributed by atoms with Gasteiger partial charge in [-0.2, -0.15) is 0 Å². The number of hydrogen-bond donors (Lipinski definition) is 1. The first-order valence-corrected chi connectivity index (χ1v) is 3.62. The third-order valence-electron chi connectivity index (χ3n) is 1.21. The van der Waals surface area contributed by atoms with E-state index in [-0.39, 0.29) is 6.42 Å². The second-order valence-electron chi connectivity index (χ2n) is 3.06. The van der Waals surface area contributed by atoms with Crippen molar-refractivity contribution in [2.75, 3.05) is 0 Å². The van der Waals surface area contributed by atoms with E-state index in [1.165, 1.54) is 6.08 Å². The molecule has 0 atom stereocenters. The summed E-state index contributed by atoms with van der Waals surface area (Å²) in [5.41, 5.74) is 3.98. The number of amides is 1. The van der Waals surface area contributed by atoms with Crippen molar-refractivity contribution in [3.05, 3.63) is 22.4 Å². The molecule has 0 unspecified atom stereocenters. The predicted molar refractivity (Wildman–Crippen MR) is 45.5 cm³/mol. The molecule has 0 aliphatic heterocycles. The fourth-order valence-corrected chi connectivity index (χ4v) is 0.737. The Bertz CT molecular complexity index is 235. The van der Waals surface area contributed by atoms with Gasteiger partial charge in [0.2, 0.25) is 6.20 Å². The number of primary amides is 1. The minimum absolute atomic E-state index is 0.247. The Morgan fingerprint density at radius 2 is 2.23 bits per heavy atom. The highest BCUT2D eigenvalue weighted by atomic mass is 16.6. The normalized spacial score (nSPS) is 11.5. The number of hydrogen-bond acceptors (Lipinski definition) is 4. The summed E-state index contributed by atoms with van der Waals surface area (Å²) in [5, 5.41) is 9.89. The summed E-state index contributed by atoms with van der Waals surface area (Å²) >= 11 is 0. The molecule has 13 heavy (non-hydrogen) atoms. The largest absolute Gasteiger partial charge is 0.443 e. The Labute approximate surface area is 75.5 Å². The first-order valence-electron chi connectivity index (χ1n) is 3.62. The third kappa shape index (κ3) is 6.79. The number of rotatable bonds is 4. The van der Waals surface area contributed by atoms with Crippen molar-refractivity contribution in [3.63, 3.8) is 0 Å². The molecule has 74 valence electrons. The molecular formula is C7H12N2O4. The molecule has 0 spiro atoms. The van der Waals surface area contributed by atoms with Gasteiger partial charge in [0.15, 0.2) is 0 Å². The van der Waals surface area contributed by atoms with Crippen LogP contribution in [0.5, 0.6) is 0 Å². The molecular weight excluding hydrogens is 176 g/mol. The second kappa shape index (κ2) is 4.44. The average Bonchev–Trinajstić information content (AvgIpc) is 1.81. The van der Waals surface area contributed by atoms with Crippen LogP contribution in [-0.4, -0.2) is 16.6 Å². The van der Waals surface area contributed by atoms with Crippen LogP contribution in [0.3, 0.4) is 0 Å². The van der Waals surface area contributed by atoms with E-state index in [1.54, 1.807) is 13.8 Å². The van der Waals surface area contributed by atoms with Crippen molar-refractivity contribution >= 4 is 6.09 Å². The number of nitrogens with two attached hydrogens (primary N) is 1. The van der Waals surface area contributed by atoms with Gasteiger partial charge in [0.05, 0.1) is 4.92 Å². The maximum absolute atomic E-state index is 10.4. The topological polar surface area (TPSA) is 95.5 Å². The highest BCUT2D eigenvalue weighted by Gasteiger charge is 2.19. The minimum atomic E-state index is -0.889. The summed E-state index contributed by atoms with van der Waals surface area (Å²) in [6.07, 6.45) is 1.46. The van der Waals surface area contributed by atoms with Gasteiger partial charge in [-0.15, -0.1) is 0 Å². The van der Waals surface area contributed by atoms with Gasteiger partial charge in [-0.3, -0.25) is 10.1 Å². The molecule has 0 fully saturated rings. The van der Waals surface area contributed by atoms with Crippen LogP contribution in [0.25, 0.3) is 0 Å². The van der Waals surface area contributed by atoms with Crippen molar-refractivity contribution in [1.82, 2.24) is 0 Å². The SMILES string of the molecule is CC(C)(C/C=C\[N+](=O)[O-])OC(N)=O. The lowest BCUT2D eigenvalue weighted by atomic mass is 10.1. The van der Waals surface area contributed by atoms with Gasteiger partial charge in [0.25, 0.3) is 0 Å². The van der Waals surface area contributed by atoms with Crippen molar-refractivity contribution < 1.29 is 14.5 Å². The summed E-state index contributed by atoms with van der Waals surface area (Å²) < 4.78 is 4.68. The molecule has 0 aromatic heterocycles. The zero-order valence-corrected chi connectivity index (χ0v) is 7.52. The standard InChI is InChI=1S/C7H12N2O4/c1-7(2,13-6(8)10)4-3-5-9(11)12/h3,5H,4H2,1-2H3,(H2,8,10)/b5-3-. The Kier molecular flexibility index (Phi) is 3.90. The third-order valence-corrected chi connectivity index (χ3v) is 1.21. The Morgan fingerprint density at radius 3 is 2.62 bits per heavy atom. The summed E-state index contributed by atoms with van der Waals surface area (Å²) in [6.45, 7) is 3.23. The molecule has 2 N–H and O–H groups in total. The van der Waals surface area contributed by atoms with E-state index in [0.717, 1.165) is 6.20 Å². The van der Waals surface area contributed by atoms with Gasteiger partial charge in [0.1, 0.15) is 5.60 Å². The van der Waals surface area contributed by atoms with Crippen molar-refractivity contribution in [2.45, 2.75) is 25.9 Å². The van der Waals surface area contributed by atoms with E-state index in [2.05, 4.69) is 4.74 Å². The first kappa shape index (κ1) is 11.4. The summed E-state index contributed by atoms with van der Waals surface area (Å²) in [7, 11) is 0. The van der Waals surface area contributed by atoms with Crippen LogP contribution in [-0.2, 0) is 4.74 Å². The van der Waals surface area contributed by atoms with Crippen LogP contribution < -0.4 is 5.73 Å². The molecule has 0 saturated carbocycles. The second-order valence-corrected chi connectivity index (χ2v) is 3.06. The Hall–Kier alpha value is -1.59. The number of nitro groups is 1. The zero-order valence-electron chi connectivity index (χ0n) is 7.52. The Balaban J connectivity index is 4.02. The molecule has 0 aliphatic carbocycles. The Morgan fingerprint density at radius 1 is 1.69 bits per heavy atom. The molecule has 0 bridgehead atoms. The quantitative estimate of drug-likeness (QED) is 0.526.